The van der Waals surface area contributed by atoms with E-state index in [1.54, 1.807) is 0 Å². The summed E-state index contributed by atoms with van der Waals surface area (Å²) in [5.41, 5.74) is 10.2. The molecule has 0 spiro atoms. The molecule has 0 amide bonds. The van der Waals surface area contributed by atoms with Gasteiger partial charge in [-0.1, -0.05) is 24.6 Å². The maximum atomic E-state index is 5.93. The molecule has 2 heteroatoms. The molecule has 17 heavy (non-hydrogen) atoms. The first-order chi connectivity index (χ1) is 8.29. The average Bonchev–Trinajstić information content (AvgIpc) is 2.36. The Morgan fingerprint density at radius 2 is 2.24 bits per heavy atom. The molecule has 0 radical (unpaired) electrons. The molecule has 0 bridgehead atoms. The van der Waals surface area contributed by atoms with Gasteiger partial charge in [0.05, 0.1) is 0 Å². The second-order valence-electron chi connectivity index (χ2n) is 5.67. The molecule has 0 aromatic heterocycles. The Labute approximate surface area is 104 Å². The van der Waals surface area contributed by atoms with E-state index >= 15 is 0 Å². The van der Waals surface area contributed by atoms with Crippen LogP contribution in [-0.4, -0.2) is 12.6 Å². The maximum Gasteiger partial charge on any atom is 0.0404 e. The summed E-state index contributed by atoms with van der Waals surface area (Å²) in [6, 6.07) is 7.27. The van der Waals surface area contributed by atoms with Crippen molar-refractivity contribution in [2.75, 3.05) is 11.9 Å². The number of nitrogens with one attached hydrogen (secondary N) is 1. The normalized spacial score (nSPS) is 31.3. The van der Waals surface area contributed by atoms with Crippen LogP contribution in [-0.2, 0) is 6.42 Å². The zero-order valence-electron chi connectivity index (χ0n) is 10.6. The number of rotatable bonds is 1. The number of fused-ring (bicyclic) bond motifs is 2. The number of para-hydroxylation sites is 1. The smallest absolute Gasteiger partial charge is 0.0404 e. The van der Waals surface area contributed by atoms with Crippen molar-refractivity contribution in [2.24, 2.45) is 17.6 Å². The van der Waals surface area contributed by atoms with Crippen molar-refractivity contribution >= 4 is 5.69 Å². The lowest BCUT2D eigenvalue weighted by atomic mass is 9.72. The fourth-order valence-corrected chi connectivity index (χ4v) is 3.67. The highest BCUT2D eigenvalue weighted by Gasteiger charge is 2.36. The minimum atomic E-state index is 0.613. The molecular formula is C15H22N2. The highest BCUT2D eigenvalue weighted by Crippen LogP contribution is 2.39. The quantitative estimate of drug-likeness (QED) is 0.778. The van der Waals surface area contributed by atoms with Gasteiger partial charge in [-0.3, -0.25) is 0 Å². The van der Waals surface area contributed by atoms with Gasteiger partial charge in [0.15, 0.2) is 0 Å². The van der Waals surface area contributed by atoms with Crippen molar-refractivity contribution < 1.29 is 0 Å². The lowest BCUT2D eigenvalue weighted by Gasteiger charge is -2.43. The minimum Gasteiger partial charge on any atom is -0.381 e. The molecule has 1 aliphatic carbocycles. The first kappa shape index (κ1) is 11.1. The first-order valence-corrected chi connectivity index (χ1v) is 6.84. The summed E-state index contributed by atoms with van der Waals surface area (Å²) in [6.07, 6.45) is 5.25. The Hall–Kier alpha value is -1.02. The van der Waals surface area contributed by atoms with Crippen LogP contribution in [0.3, 0.4) is 0 Å². The summed E-state index contributed by atoms with van der Waals surface area (Å²) in [6.45, 7) is 3.03. The summed E-state index contributed by atoms with van der Waals surface area (Å²) in [5.74, 6) is 1.47. The molecule has 1 aromatic carbocycles. The Morgan fingerprint density at radius 3 is 3.06 bits per heavy atom. The van der Waals surface area contributed by atoms with Crippen molar-refractivity contribution in [3.63, 3.8) is 0 Å². The molecule has 1 heterocycles. The fourth-order valence-electron chi connectivity index (χ4n) is 3.67. The lowest BCUT2D eigenvalue weighted by Crippen LogP contribution is -2.46. The SMILES string of the molecule is Cc1cccc2c1NC1C(CN)CCCC1C2. The number of benzene rings is 1. The van der Waals surface area contributed by atoms with Gasteiger partial charge in [-0.25, -0.2) is 0 Å². The number of aryl methyl sites for hydroxylation is 1. The molecule has 2 aliphatic rings. The second kappa shape index (κ2) is 4.34. The van der Waals surface area contributed by atoms with Gasteiger partial charge in [0.25, 0.3) is 0 Å². The molecule has 0 saturated heterocycles. The van der Waals surface area contributed by atoms with Crippen molar-refractivity contribution in [3.05, 3.63) is 29.3 Å². The van der Waals surface area contributed by atoms with Crippen molar-refractivity contribution in [1.29, 1.82) is 0 Å². The van der Waals surface area contributed by atoms with Crippen molar-refractivity contribution in [3.8, 4) is 0 Å². The van der Waals surface area contributed by atoms with Gasteiger partial charge < -0.3 is 11.1 Å². The molecule has 92 valence electrons. The van der Waals surface area contributed by atoms with Gasteiger partial charge in [0.2, 0.25) is 0 Å². The molecule has 3 rings (SSSR count). The van der Waals surface area contributed by atoms with Crippen LogP contribution in [0.1, 0.15) is 30.4 Å². The molecule has 3 atom stereocenters. The van der Waals surface area contributed by atoms with Crippen LogP contribution in [0.2, 0.25) is 0 Å². The van der Waals surface area contributed by atoms with Crippen LogP contribution >= 0.6 is 0 Å². The van der Waals surface area contributed by atoms with Gasteiger partial charge in [-0.15, -0.1) is 0 Å². The molecule has 3 unspecified atom stereocenters. The van der Waals surface area contributed by atoms with Crippen molar-refractivity contribution in [1.82, 2.24) is 0 Å². The van der Waals surface area contributed by atoms with E-state index in [4.69, 9.17) is 5.73 Å². The Bertz CT molecular complexity index is 413. The van der Waals surface area contributed by atoms with E-state index in [1.165, 1.54) is 42.5 Å². The van der Waals surface area contributed by atoms with Gasteiger partial charge in [-0.05, 0) is 55.7 Å². The number of hydrogen-bond donors (Lipinski definition) is 2. The summed E-state index contributed by atoms with van der Waals surface area (Å²) < 4.78 is 0. The fraction of sp³-hybridized carbons (Fsp3) is 0.600. The number of anilines is 1. The monoisotopic (exact) mass is 230 g/mol. The topological polar surface area (TPSA) is 38.0 Å². The zero-order chi connectivity index (χ0) is 11.8. The van der Waals surface area contributed by atoms with E-state index in [0.29, 0.717) is 12.0 Å². The van der Waals surface area contributed by atoms with Gasteiger partial charge in [0, 0.05) is 11.7 Å². The van der Waals surface area contributed by atoms with Crippen LogP contribution in [0.4, 0.5) is 5.69 Å². The van der Waals surface area contributed by atoms with E-state index < -0.39 is 0 Å². The van der Waals surface area contributed by atoms with Crippen LogP contribution in [0.15, 0.2) is 18.2 Å². The predicted molar refractivity (Wildman–Crippen MR) is 72.2 cm³/mol. The molecule has 1 saturated carbocycles. The van der Waals surface area contributed by atoms with Crippen LogP contribution in [0.25, 0.3) is 0 Å². The summed E-state index contributed by atoms with van der Waals surface area (Å²) in [4.78, 5) is 0. The zero-order valence-corrected chi connectivity index (χ0v) is 10.6. The maximum absolute atomic E-state index is 5.93. The summed E-state index contributed by atoms with van der Waals surface area (Å²) in [7, 11) is 0. The summed E-state index contributed by atoms with van der Waals surface area (Å²) >= 11 is 0. The number of hydrogen-bond acceptors (Lipinski definition) is 2. The second-order valence-corrected chi connectivity index (χ2v) is 5.67. The van der Waals surface area contributed by atoms with E-state index in [1.807, 2.05) is 0 Å². The summed E-state index contributed by atoms with van der Waals surface area (Å²) in [5, 5.41) is 3.79. The molecule has 1 fully saturated rings. The minimum absolute atomic E-state index is 0.613. The first-order valence-electron chi connectivity index (χ1n) is 6.84. The standard InChI is InChI=1S/C15H22N2/c1-10-4-2-5-11-8-12-6-3-7-13(9-16)15(12)17-14(10)11/h2,4-5,12-13,15,17H,3,6-9,16H2,1H3. The van der Waals surface area contributed by atoms with Crippen LogP contribution < -0.4 is 11.1 Å². The van der Waals surface area contributed by atoms with Gasteiger partial charge in [-0.2, -0.15) is 0 Å². The van der Waals surface area contributed by atoms with E-state index in [-0.39, 0.29) is 0 Å². The lowest BCUT2D eigenvalue weighted by molar-refractivity contribution is 0.233. The van der Waals surface area contributed by atoms with Gasteiger partial charge in [0.1, 0.15) is 0 Å². The highest BCUT2D eigenvalue weighted by atomic mass is 15.0. The molecular weight excluding hydrogens is 208 g/mol. The Balaban J connectivity index is 1.93. The molecule has 1 aliphatic heterocycles. The van der Waals surface area contributed by atoms with E-state index in [2.05, 4.69) is 30.4 Å². The third-order valence-electron chi connectivity index (χ3n) is 4.62. The Kier molecular flexibility index (Phi) is 2.83. The predicted octanol–water partition coefficient (Wildman–Crippen LogP) is 2.71. The van der Waals surface area contributed by atoms with Gasteiger partial charge >= 0.3 is 0 Å². The van der Waals surface area contributed by atoms with E-state index in [0.717, 1.165) is 12.5 Å². The molecule has 1 aromatic rings. The van der Waals surface area contributed by atoms with Crippen LogP contribution in [0.5, 0.6) is 0 Å². The number of nitrogens with two attached hydrogens (primary N) is 1. The average molecular weight is 230 g/mol. The highest BCUT2D eigenvalue weighted by molar-refractivity contribution is 5.60. The van der Waals surface area contributed by atoms with Crippen molar-refractivity contribution in [2.45, 2.75) is 38.6 Å². The third-order valence-corrected chi connectivity index (χ3v) is 4.62. The van der Waals surface area contributed by atoms with Crippen LogP contribution in [0, 0.1) is 18.8 Å². The molecule has 2 nitrogen and oxygen atoms in total. The van der Waals surface area contributed by atoms with E-state index in [9.17, 15) is 0 Å². The third kappa shape index (κ3) is 1.85. The molecule has 3 N–H and O–H groups in total. The largest absolute Gasteiger partial charge is 0.381 e. The Morgan fingerprint density at radius 1 is 1.35 bits per heavy atom.